The number of rotatable bonds is 4. The largest absolute Gasteiger partial charge is 0.497 e. The van der Waals surface area contributed by atoms with Gasteiger partial charge in [0, 0.05) is 24.2 Å². The number of aromatic nitrogens is 1. The zero-order valence-electron chi connectivity index (χ0n) is 13.1. The smallest absolute Gasteiger partial charge is 0.341 e. The highest BCUT2D eigenvalue weighted by atomic mass is 19.2. The van der Waals surface area contributed by atoms with Gasteiger partial charge in [-0.2, -0.15) is 0 Å². The summed E-state index contributed by atoms with van der Waals surface area (Å²) < 4.78 is 33.6. The summed E-state index contributed by atoms with van der Waals surface area (Å²) in [5.41, 5.74) is -0.476. The van der Waals surface area contributed by atoms with E-state index in [9.17, 15) is 23.5 Å². The highest BCUT2D eigenvalue weighted by Gasteiger charge is 2.17. The fraction of sp³-hybridized carbons (Fsp3) is 0.111. The lowest BCUT2D eigenvalue weighted by atomic mass is 10.1. The SMILES string of the molecule is COc1ccc(Cn2cc(C(=O)O)c(=O)c3cc(F)c(F)cc32)cc1. The number of benzene rings is 2. The summed E-state index contributed by atoms with van der Waals surface area (Å²) in [7, 11) is 1.53. The number of hydrogen-bond donors (Lipinski definition) is 1. The Hall–Kier alpha value is -3.22. The van der Waals surface area contributed by atoms with Crippen LogP contribution in [-0.2, 0) is 6.54 Å². The number of fused-ring (bicyclic) bond motifs is 1. The second-order valence-corrected chi connectivity index (χ2v) is 5.44. The van der Waals surface area contributed by atoms with Gasteiger partial charge in [-0.05, 0) is 23.8 Å². The lowest BCUT2D eigenvalue weighted by Gasteiger charge is -2.13. The normalized spacial score (nSPS) is 10.8. The van der Waals surface area contributed by atoms with E-state index < -0.39 is 28.6 Å². The number of carboxylic acids is 1. The molecule has 25 heavy (non-hydrogen) atoms. The van der Waals surface area contributed by atoms with Crippen molar-refractivity contribution in [3.63, 3.8) is 0 Å². The first-order valence-corrected chi connectivity index (χ1v) is 7.29. The van der Waals surface area contributed by atoms with Gasteiger partial charge in [0.15, 0.2) is 11.6 Å². The topological polar surface area (TPSA) is 68.5 Å². The van der Waals surface area contributed by atoms with E-state index >= 15 is 0 Å². The highest BCUT2D eigenvalue weighted by Crippen LogP contribution is 2.19. The van der Waals surface area contributed by atoms with Crippen LogP contribution in [0.3, 0.4) is 0 Å². The van der Waals surface area contributed by atoms with Crippen LogP contribution >= 0.6 is 0 Å². The Morgan fingerprint density at radius 1 is 1.16 bits per heavy atom. The number of carboxylic acid groups (broad SMARTS) is 1. The number of nitrogens with zero attached hydrogens (tertiary/aromatic N) is 1. The average Bonchev–Trinajstić information content (AvgIpc) is 2.59. The molecule has 0 aliphatic rings. The molecule has 1 heterocycles. The third-order valence-corrected chi connectivity index (χ3v) is 3.86. The van der Waals surface area contributed by atoms with Crippen LogP contribution in [0.25, 0.3) is 10.9 Å². The van der Waals surface area contributed by atoms with E-state index in [-0.39, 0.29) is 17.4 Å². The van der Waals surface area contributed by atoms with Gasteiger partial charge in [0.05, 0.1) is 12.6 Å². The summed E-state index contributed by atoms with van der Waals surface area (Å²) in [6.45, 7) is 0.173. The Bertz CT molecular complexity index is 1030. The molecule has 3 aromatic rings. The van der Waals surface area contributed by atoms with Crippen molar-refractivity contribution in [1.82, 2.24) is 4.57 Å². The van der Waals surface area contributed by atoms with Crippen LogP contribution in [0.4, 0.5) is 8.78 Å². The lowest BCUT2D eigenvalue weighted by molar-refractivity contribution is 0.0695. The van der Waals surface area contributed by atoms with Crippen molar-refractivity contribution in [1.29, 1.82) is 0 Å². The molecule has 0 fully saturated rings. The Morgan fingerprint density at radius 2 is 1.80 bits per heavy atom. The summed E-state index contributed by atoms with van der Waals surface area (Å²) in [6.07, 6.45) is 1.13. The van der Waals surface area contributed by atoms with E-state index in [4.69, 9.17) is 4.74 Å². The average molecular weight is 345 g/mol. The zero-order chi connectivity index (χ0) is 18.1. The zero-order valence-corrected chi connectivity index (χ0v) is 13.1. The van der Waals surface area contributed by atoms with Gasteiger partial charge in [-0.3, -0.25) is 4.79 Å². The molecule has 0 amide bonds. The van der Waals surface area contributed by atoms with Crippen LogP contribution < -0.4 is 10.2 Å². The number of aromatic carboxylic acids is 1. The Morgan fingerprint density at radius 3 is 2.40 bits per heavy atom. The molecule has 0 spiro atoms. The van der Waals surface area contributed by atoms with E-state index in [1.165, 1.54) is 11.7 Å². The van der Waals surface area contributed by atoms with E-state index in [1.807, 2.05) is 0 Å². The second kappa shape index (κ2) is 6.35. The first-order chi connectivity index (χ1) is 11.9. The van der Waals surface area contributed by atoms with Gasteiger partial charge in [-0.25, -0.2) is 13.6 Å². The molecule has 0 bridgehead atoms. The molecule has 128 valence electrons. The maximum absolute atomic E-state index is 13.6. The third-order valence-electron chi connectivity index (χ3n) is 3.86. The van der Waals surface area contributed by atoms with Gasteiger partial charge in [-0.15, -0.1) is 0 Å². The van der Waals surface area contributed by atoms with Gasteiger partial charge < -0.3 is 14.4 Å². The molecular weight excluding hydrogens is 332 g/mol. The quantitative estimate of drug-likeness (QED) is 0.789. The van der Waals surface area contributed by atoms with Crippen molar-refractivity contribution in [2.24, 2.45) is 0 Å². The monoisotopic (exact) mass is 345 g/mol. The number of carbonyl (C=O) groups is 1. The molecule has 0 radical (unpaired) electrons. The fourth-order valence-corrected chi connectivity index (χ4v) is 2.60. The van der Waals surface area contributed by atoms with Crippen LogP contribution in [-0.4, -0.2) is 22.8 Å². The van der Waals surface area contributed by atoms with Gasteiger partial charge in [0.2, 0.25) is 5.43 Å². The molecule has 1 N–H and O–H groups in total. The molecule has 7 heteroatoms. The summed E-state index contributed by atoms with van der Waals surface area (Å²) >= 11 is 0. The molecule has 3 rings (SSSR count). The first kappa shape index (κ1) is 16.6. The summed E-state index contributed by atoms with van der Waals surface area (Å²) in [5, 5.41) is 9.02. The highest BCUT2D eigenvalue weighted by molar-refractivity contribution is 5.92. The molecule has 2 aromatic carbocycles. The van der Waals surface area contributed by atoms with Crippen LogP contribution in [0.15, 0.2) is 47.4 Å². The molecule has 0 atom stereocenters. The second-order valence-electron chi connectivity index (χ2n) is 5.44. The third kappa shape index (κ3) is 3.08. The van der Waals surface area contributed by atoms with Crippen molar-refractivity contribution < 1.29 is 23.4 Å². The Labute approximate surface area is 140 Å². The minimum Gasteiger partial charge on any atom is -0.497 e. The molecule has 0 aliphatic heterocycles. The number of pyridine rings is 1. The van der Waals surface area contributed by atoms with Gasteiger partial charge in [-0.1, -0.05) is 12.1 Å². The number of hydrogen-bond acceptors (Lipinski definition) is 3. The van der Waals surface area contributed by atoms with Gasteiger partial charge >= 0.3 is 5.97 Å². The summed E-state index contributed by atoms with van der Waals surface area (Å²) in [6, 6.07) is 8.56. The molecule has 0 saturated heterocycles. The minimum absolute atomic E-state index is 0.115. The van der Waals surface area contributed by atoms with E-state index in [0.29, 0.717) is 5.75 Å². The van der Waals surface area contributed by atoms with Crippen molar-refractivity contribution in [3.8, 4) is 5.75 Å². The van der Waals surface area contributed by atoms with Gasteiger partial charge in [0.25, 0.3) is 0 Å². The number of ether oxygens (including phenoxy) is 1. The van der Waals surface area contributed by atoms with Crippen LogP contribution in [0.2, 0.25) is 0 Å². The van der Waals surface area contributed by atoms with Crippen LogP contribution in [0, 0.1) is 11.6 Å². The lowest BCUT2D eigenvalue weighted by Crippen LogP contribution is -2.19. The molecule has 0 saturated carbocycles. The van der Waals surface area contributed by atoms with Crippen molar-refractivity contribution in [2.75, 3.05) is 7.11 Å². The molecule has 5 nitrogen and oxygen atoms in total. The van der Waals surface area contributed by atoms with Crippen molar-refractivity contribution >= 4 is 16.9 Å². The molecule has 0 aliphatic carbocycles. The summed E-state index contributed by atoms with van der Waals surface area (Å²) in [5.74, 6) is -3.10. The first-order valence-electron chi connectivity index (χ1n) is 7.29. The van der Waals surface area contributed by atoms with Crippen molar-refractivity contribution in [3.05, 3.63) is 75.6 Å². The number of halogens is 2. The van der Waals surface area contributed by atoms with E-state index in [1.54, 1.807) is 24.3 Å². The Kier molecular flexibility index (Phi) is 4.22. The molecular formula is C18H13F2NO4. The van der Waals surface area contributed by atoms with Crippen molar-refractivity contribution in [2.45, 2.75) is 6.54 Å². The predicted molar refractivity (Wildman–Crippen MR) is 87.2 cm³/mol. The predicted octanol–water partition coefficient (Wildman–Crippen LogP) is 3.03. The van der Waals surface area contributed by atoms with Crippen LogP contribution in [0.1, 0.15) is 15.9 Å². The number of methoxy groups -OCH3 is 1. The standard InChI is InChI=1S/C18H13F2NO4/c1-25-11-4-2-10(3-5-11)8-21-9-13(18(23)24)17(22)12-6-14(19)15(20)7-16(12)21/h2-7,9H,8H2,1H3,(H,23,24). The van der Waals surface area contributed by atoms with Crippen LogP contribution in [0.5, 0.6) is 5.75 Å². The summed E-state index contributed by atoms with van der Waals surface area (Å²) in [4.78, 5) is 23.5. The minimum atomic E-state index is -1.43. The van der Waals surface area contributed by atoms with E-state index in [2.05, 4.69) is 0 Å². The maximum Gasteiger partial charge on any atom is 0.341 e. The Balaban J connectivity index is 2.21. The molecule has 0 unspecified atom stereocenters. The van der Waals surface area contributed by atoms with Gasteiger partial charge in [0.1, 0.15) is 11.3 Å². The van der Waals surface area contributed by atoms with E-state index in [0.717, 1.165) is 23.9 Å². The maximum atomic E-state index is 13.6. The fourth-order valence-electron chi connectivity index (χ4n) is 2.60. The molecule has 1 aromatic heterocycles.